The second kappa shape index (κ2) is 6.76. The molecule has 8 heteroatoms. The van der Waals surface area contributed by atoms with Crippen molar-refractivity contribution in [2.24, 2.45) is 5.73 Å². The van der Waals surface area contributed by atoms with E-state index < -0.39 is 24.9 Å². The number of aliphatic hydroxyl groups is 2. The Morgan fingerprint density at radius 3 is 2.63 bits per heavy atom. The van der Waals surface area contributed by atoms with Gasteiger partial charge in [-0.15, -0.1) is 0 Å². The van der Waals surface area contributed by atoms with Crippen molar-refractivity contribution in [3.8, 4) is 11.5 Å². The molecule has 0 aliphatic rings. The average Bonchev–Trinajstić information content (AvgIpc) is 2.38. The molecular formula is C11H16N2O6. The van der Waals surface area contributed by atoms with Crippen LogP contribution in [0, 0.1) is 0 Å². The molecule has 1 aromatic rings. The maximum absolute atomic E-state index is 10.6. The van der Waals surface area contributed by atoms with Gasteiger partial charge >= 0.3 is 6.09 Å². The van der Waals surface area contributed by atoms with Crippen LogP contribution in [0.2, 0.25) is 0 Å². The van der Waals surface area contributed by atoms with Crippen molar-refractivity contribution in [2.75, 3.05) is 20.8 Å². The third-order valence-electron chi connectivity index (χ3n) is 2.45. The van der Waals surface area contributed by atoms with Crippen molar-refractivity contribution in [3.63, 3.8) is 0 Å². The molecule has 0 spiro atoms. The highest BCUT2D eigenvalue weighted by atomic mass is 16.6. The molecule has 0 radical (unpaired) electrons. The van der Waals surface area contributed by atoms with Gasteiger partial charge in [0.1, 0.15) is 0 Å². The van der Waals surface area contributed by atoms with Gasteiger partial charge in [0.05, 0.1) is 32.4 Å². The summed E-state index contributed by atoms with van der Waals surface area (Å²) in [6.45, 7) is -0.523. The number of aromatic nitrogens is 1. The molecule has 0 aromatic carbocycles. The van der Waals surface area contributed by atoms with Crippen LogP contribution in [0.1, 0.15) is 11.6 Å². The maximum Gasteiger partial charge on any atom is 0.406 e. The molecule has 1 amide bonds. The highest BCUT2D eigenvalue weighted by molar-refractivity contribution is 5.64. The average molecular weight is 272 g/mol. The molecule has 0 unspecified atom stereocenters. The van der Waals surface area contributed by atoms with Crippen molar-refractivity contribution >= 4 is 6.09 Å². The minimum Gasteiger partial charge on any atom is -0.493 e. The Labute approximate surface area is 109 Å². The summed E-state index contributed by atoms with van der Waals surface area (Å²) >= 11 is 0. The number of hydrogen-bond acceptors (Lipinski definition) is 7. The third-order valence-corrected chi connectivity index (χ3v) is 2.45. The summed E-state index contributed by atoms with van der Waals surface area (Å²) in [5.74, 6) is -0.397. The molecule has 0 fully saturated rings. The van der Waals surface area contributed by atoms with Gasteiger partial charge in [-0.2, -0.15) is 0 Å². The number of methoxy groups -OCH3 is 2. The third kappa shape index (κ3) is 3.46. The second-order valence-electron chi connectivity index (χ2n) is 3.55. The lowest BCUT2D eigenvalue weighted by Gasteiger charge is -2.22. The molecule has 1 rings (SSSR count). The van der Waals surface area contributed by atoms with Gasteiger partial charge < -0.3 is 30.2 Å². The van der Waals surface area contributed by atoms with Crippen LogP contribution < -0.4 is 15.2 Å². The number of nitrogens with two attached hydrogens (primary N) is 1. The van der Waals surface area contributed by atoms with Gasteiger partial charge in [-0.1, -0.05) is 0 Å². The van der Waals surface area contributed by atoms with Crippen LogP contribution in [0.25, 0.3) is 0 Å². The Morgan fingerprint density at radius 1 is 1.47 bits per heavy atom. The summed E-state index contributed by atoms with van der Waals surface area (Å²) in [6.07, 6.45) is -1.39. The minimum atomic E-state index is -1.64. The van der Waals surface area contributed by atoms with E-state index in [1.165, 1.54) is 20.4 Å². The van der Waals surface area contributed by atoms with Crippen molar-refractivity contribution in [1.82, 2.24) is 4.98 Å². The molecule has 2 atom stereocenters. The molecule has 0 saturated heterocycles. The quantitative estimate of drug-likeness (QED) is 0.601. The van der Waals surface area contributed by atoms with Crippen LogP contribution in [0.3, 0.4) is 0 Å². The van der Waals surface area contributed by atoms with Crippen molar-refractivity contribution in [2.45, 2.75) is 12.2 Å². The van der Waals surface area contributed by atoms with Crippen LogP contribution in [0.4, 0.5) is 4.79 Å². The Bertz CT molecular complexity index is 439. The minimum absolute atomic E-state index is 0.193. The van der Waals surface area contributed by atoms with E-state index in [9.17, 15) is 15.0 Å². The number of ether oxygens (including phenoxy) is 3. The fourth-order valence-electron chi connectivity index (χ4n) is 1.59. The van der Waals surface area contributed by atoms with E-state index in [2.05, 4.69) is 9.72 Å². The number of nitrogens with zero attached hydrogens (tertiary/aromatic N) is 1. The molecule has 106 valence electrons. The first-order chi connectivity index (χ1) is 9.04. The smallest absolute Gasteiger partial charge is 0.406 e. The topological polar surface area (TPSA) is 124 Å². The molecule has 19 heavy (non-hydrogen) atoms. The first-order valence-corrected chi connectivity index (χ1v) is 5.37. The summed E-state index contributed by atoms with van der Waals surface area (Å²) < 4.78 is 14.6. The number of pyridine rings is 1. The van der Waals surface area contributed by atoms with Gasteiger partial charge in [-0.3, -0.25) is 4.98 Å². The fourth-order valence-corrected chi connectivity index (χ4v) is 1.59. The zero-order valence-electron chi connectivity index (χ0n) is 10.6. The number of rotatable bonds is 6. The molecule has 0 aliphatic carbocycles. The predicted octanol–water partition coefficient (Wildman–Crippen LogP) is -0.412. The van der Waals surface area contributed by atoms with E-state index in [0.29, 0.717) is 5.75 Å². The highest BCUT2D eigenvalue weighted by Crippen LogP contribution is 2.35. The van der Waals surface area contributed by atoms with E-state index in [1.54, 1.807) is 6.07 Å². The summed E-state index contributed by atoms with van der Waals surface area (Å²) in [7, 11) is 2.82. The van der Waals surface area contributed by atoms with Crippen LogP contribution >= 0.6 is 0 Å². The monoisotopic (exact) mass is 272 g/mol. The second-order valence-corrected chi connectivity index (χ2v) is 3.55. The van der Waals surface area contributed by atoms with E-state index in [0.717, 1.165) is 0 Å². The molecular weight excluding hydrogens is 256 g/mol. The molecule has 0 saturated carbocycles. The van der Waals surface area contributed by atoms with Crippen LogP contribution in [0.5, 0.6) is 11.5 Å². The lowest BCUT2D eigenvalue weighted by atomic mass is 10.0. The van der Waals surface area contributed by atoms with Crippen molar-refractivity contribution < 1.29 is 29.2 Å². The van der Waals surface area contributed by atoms with Crippen LogP contribution in [-0.2, 0) is 4.74 Å². The molecule has 1 aromatic heterocycles. The number of primary amides is 1. The highest BCUT2D eigenvalue weighted by Gasteiger charge is 2.29. The summed E-state index contributed by atoms with van der Waals surface area (Å²) in [6, 6.07) is 1.55. The Balaban J connectivity index is 3.13. The number of hydrogen-bond donors (Lipinski definition) is 3. The van der Waals surface area contributed by atoms with Gasteiger partial charge in [-0.25, -0.2) is 4.79 Å². The first kappa shape index (κ1) is 15.0. The largest absolute Gasteiger partial charge is 0.493 e. The van der Waals surface area contributed by atoms with Crippen molar-refractivity contribution in [1.29, 1.82) is 0 Å². The summed E-state index contributed by atoms with van der Waals surface area (Å²) in [4.78, 5) is 14.6. The predicted molar refractivity (Wildman–Crippen MR) is 63.8 cm³/mol. The normalized spacial score (nSPS) is 13.5. The summed E-state index contributed by atoms with van der Waals surface area (Å²) in [5, 5.41) is 19.0. The molecule has 8 nitrogen and oxygen atoms in total. The van der Waals surface area contributed by atoms with E-state index in [1.807, 2.05) is 0 Å². The lowest BCUT2D eigenvalue weighted by molar-refractivity contribution is -0.0772. The zero-order valence-corrected chi connectivity index (χ0v) is 10.6. The van der Waals surface area contributed by atoms with E-state index >= 15 is 0 Å². The molecule has 0 aliphatic heterocycles. The summed E-state index contributed by atoms with van der Waals surface area (Å²) in [5.41, 5.74) is 5.00. The molecule has 1 heterocycles. The number of amides is 1. The van der Waals surface area contributed by atoms with Gasteiger partial charge in [0, 0.05) is 12.3 Å². The maximum atomic E-state index is 10.6. The molecule has 4 N–H and O–H groups in total. The Hall–Kier alpha value is -2.06. The van der Waals surface area contributed by atoms with Gasteiger partial charge in [0.2, 0.25) is 6.29 Å². The standard InChI is InChI=1S/C11H16N2O6/c1-17-7-3-4-13-8(9(7)18-2)6(5-14)10(15)19-11(12)16/h3-4,6,10,14-15H,5H2,1-2H3,(H2,12,16)/t6-,10+/m0/s1. The van der Waals surface area contributed by atoms with Gasteiger partial charge in [0.25, 0.3) is 0 Å². The lowest BCUT2D eigenvalue weighted by Crippen LogP contribution is -2.30. The molecule has 0 bridgehead atoms. The van der Waals surface area contributed by atoms with Crippen LogP contribution in [-0.4, -0.2) is 48.4 Å². The van der Waals surface area contributed by atoms with Crippen LogP contribution in [0.15, 0.2) is 12.3 Å². The van der Waals surface area contributed by atoms with E-state index in [-0.39, 0.29) is 11.4 Å². The Kier molecular flexibility index (Phi) is 5.34. The number of carbonyl (C=O) groups excluding carboxylic acids is 1. The number of carbonyl (C=O) groups is 1. The number of aliphatic hydroxyl groups excluding tert-OH is 2. The zero-order chi connectivity index (χ0) is 14.4. The SMILES string of the molecule is COc1ccnc([C@H](CO)[C@H](O)OC(N)=O)c1OC. The fraction of sp³-hybridized carbons (Fsp3) is 0.455. The Morgan fingerprint density at radius 2 is 2.16 bits per heavy atom. The van der Waals surface area contributed by atoms with Gasteiger partial charge in [0.15, 0.2) is 11.5 Å². The van der Waals surface area contributed by atoms with Crippen molar-refractivity contribution in [3.05, 3.63) is 18.0 Å². The van der Waals surface area contributed by atoms with Gasteiger partial charge in [-0.05, 0) is 0 Å². The van der Waals surface area contributed by atoms with E-state index in [4.69, 9.17) is 15.2 Å². The first-order valence-electron chi connectivity index (χ1n) is 5.37.